The number of nitrogens with one attached hydrogen (secondary N) is 3. The van der Waals surface area contributed by atoms with Crippen LogP contribution in [0.3, 0.4) is 0 Å². The standard InChI is InChI=1S/C27H27N3O4/c1-4-24(32)30-22-14-15-23(34-3)27(29-18(2)31)26(22)21-12-10-19(11-13-21)16-25(33)28-17-20-8-6-5-7-9-20/h4-15H,1,16-17H2,2-3H3,(H,28,33)(H,29,31)(H,30,32). The van der Waals surface area contributed by atoms with E-state index in [0.717, 1.165) is 16.7 Å². The molecule has 0 aliphatic carbocycles. The first-order chi connectivity index (χ1) is 16.4. The van der Waals surface area contributed by atoms with Crippen LogP contribution in [-0.2, 0) is 27.3 Å². The second kappa shape index (κ2) is 11.5. The molecule has 0 aromatic heterocycles. The van der Waals surface area contributed by atoms with E-state index < -0.39 is 0 Å². The van der Waals surface area contributed by atoms with Gasteiger partial charge in [-0.3, -0.25) is 14.4 Å². The van der Waals surface area contributed by atoms with E-state index in [4.69, 9.17) is 4.74 Å². The van der Waals surface area contributed by atoms with Gasteiger partial charge in [-0.25, -0.2) is 0 Å². The highest BCUT2D eigenvalue weighted by Crippen LogP contribution is 2.41. The van der Waals surface area contributed by atoms with E-state index in [1.54, 1.807) is 12.1 Å². The Labute approximate surface area is 198 Å². The first-order valence-electron chi connectivity index (χ1n) is 10.7. The van der Waals surface area contributed by atoms with Crippen molar-refractivity contribution in [1.29, 1.82) is 0 Å². The van der Waals surface area contributed by atoms with Crippen LogP contribution in [0.4, 0.5) is 11.4 Å². The van der Waals surface area contributed by atoms with Gasteiger partial charge in [0.15, 0.2) is 0 Å². The molecule has 7 heteroatoms. The zero-order valence-corrected chi connectivity index (χ0v) is 19.2. The number of methoxy groups -OCH3 is 1. The third-order valence-corrected chi connectivity index (χ3v) is 5.07. The Hall–Kier alpha value is -4.39. The topological polar surface area (TPSA) is 96.5 Å². The van der Waals surface area contributed by atoms with Crippen LogP contribution in [0, 0.1) is 0 Å². The number of amides is 3. The van der Waals surface area contributed by atoms with E-state index in [-0.39, 0.29) is 24.1 Å². The maximum atomic E-state index is 12.4. The summed E-state index contributed by atoms with van der Waals surface area (Å²) in [7, 11) is 1.50. The summed E-state index contributed by atoms with van der Waals surface area (Å²) in [4.78, 5) is 36.3. The van der Waals surface area contributed by atoms with Crippen LogP contribution in [-0.4, -0.2) is 24.8 Å². The molecule has 3 rings (SSSR count). The number of anilines is 2. The van der Waals surface area contributed by atoms with E-state index in [0.29, 0.717) is 29.2 Å². The minimum absolute atomic E-state index is 0.0872. The van der Waals surface area contributed by atoms with Gasteiger partial charge in [-0.05, 0) is 34.9 Å². The summed E-state index contributed by atoms with van der Waals surface area (Å²) < 4.78 is 5.43. The molecule has 0 atom stereocenters. The van der Waals surface area contributed by atoms with Crippen LogP contribution in [0.2, 0.25) is 0 Å². The molecular weight excluding hydrogens is 430 g/mol. The first-order valence-corrected chi connectivity index (χ1v) is 10.7. The van der Waals surface area contributed by atoms with Crippen molar-refractivity contribution in [2.45, 2.75) is 19.9 Å². The van der Waals surface area contributed by atoms with Gasteiger partial charge in [-0.15, -0.1) is 0 Å². The van der Waals surface area contributed by atoms with Crippen molar-refractivity contribution >= 4 is 29.1 Å². The number of rotatable bonds is 9. The van der Waals surface area contributed by atoms with Crippen LogP contribution in [0.1, 0.15) is 18.1 Å². The van der Waals surface area contributed by atoms with Gasteiger partial charge in [0, 0.05) is 19.0 Å². The molecule has 34 heavy (non-hydrogen) atoms. The van der Waals surface area contributed by atoms with Crippen LogP contribution in [0.5, 0.6) is 5.75 Å². The summed E-state index contributed by atoms with van der Waals surface area (Å²) in [5.74, 6) is -0.299. The molecule has 0 unspecified atom stereocenters. The van der Waals surface area contributed by atoms with E-state index in [9.17, 15) is 14.4 Å². The normalized spacial score (nSPS) is 10.2. The van der Waals surface area contributed by atoms with E-state index >= 15 is 0 Å². The van der Waals surface area contributed by atoms with Crippen molar-refractivity contribution in [3.8, 4) is 16.9 Å². The lowest BCUT2D eigenvalue weighted by atomic mass is 9.98. The zero-order valence-electron chi connectivity index (χ0n) is 19.2. The molecule has 0 aliphatic rings. The molecule has 0 spiro atoms. The molecule has 3 aromatic carbocycles. The molecule has 3 aromatic rings. The first kappa shape index (κ1) is 24.3. The van der Waals surface area contributed by atoms with Gasteiger partial charge in [-0.1, -0.05) is 61.2 Å². The molecule has 0 bridgehead atoms. The number of hydrogen-bond donors (Lipinski definition) is 3. The fourth-order valence-electron chi connectivity index (χ4n) is 3.48. The second-order valence-electron chi connectivity index (χ2n) is 7.58. The van der Waals surface area contributed by atoms with Gasteiger partial charge in [0.05, 0.1) is 24.9 Å². The lowest BCUT2D eigenvalue weighted by molar-refractivity contribution is -0.120. The zero-order chi connectivity index (χ0) is 24.5. The van der Waals surface area contributed by atoms with E-state index in [2.05, 4.69) is 22.5 Å². The number of benzene rings is 3. The monoisotopic (exact) mass is 457 g/mol. The van der Waals surface area contributed by atoms with Crippen molar-refractivity contribution in [3.63, 3.8) is 0 Å². The number of carbonyl (C=O) groups is 3. The van der Waals surface area contributed by atoms with Gasteiger partial charge in [0.1, 0.15) is 5.75 Å². The number of ether oxygens (including phenoxy) is 1. The largest absolute Gasteiger partial charge is 0.495 e. The molecule has 7 nitrogen and oxygen atoms in total. The lowest BCUT2D eigenvalue weighted by Crippen LogP contribution is -2.24. The highest BCUT2D eigenvalue weighted by molar-refractivity contribution is 6.06. The predicted octanol–water partition coefficient (Wildman–Crippen LogP) is 4.30. The number of hydrogen-bond acceptors (Lipinski definition) is 4. The van der Waals surface area contributed by atoms with E-state index in [1.165, 1.54) is 20.1 Å². The Bertz CT molecular complexity index is 1190. The molecule has 0 radical (unpaired) electrons. The van der Waals surface area contributed by atoms with Crippen molar-refractivity contribution in [2.75, 3.05) is 17.7 Å². The quantitative estimate of drug-likeness (QED) is 0.417. The SMILES string of the molecule is C=CC(=O)Nc1ccc(OC)c(NC(C)=O)c1-c1ccc(CC(=O)NCc2ccccc2)cc1. The van der Waals surface area contributed by atoms with Gasteiger partial charge >= 0.3 is 0 Å². The third kappa shape index (κ3) is 6.32. The Morgan fingerprint density at radius 3 is 2.24 bits per heavy atom. The Kier molecular flexibility index (Phi) is 8.18. The van der Waals surface area contributed by atoms with Crippen LogP contribution in [0.25, 0.3) is 11.1 Å². The minimum atomic E-state index is -0.383. The smallest absolute Gasteiger partial charge is 0.247 e. The summed E-state index contributed by atoms with van der Waals surface area (Å²) >= 11 is 0. The highest BCUT2D eigenvalue weighted by Gasteiger charge is 2.18. The summed E-state index contributed by atoms with van der Waals surface area (Å²) in [6.07, 6.45) is 1.40. The molecule has 0 saturated heterocycles. The highest BCUT2D eigenvalue weighted by atomic mass is 16.5. The maximum absolute atomic E-state index is 12.4. The molecule has 3 N–H and O–H groups in total. The fourth-order valence-corrected chi connectivity index (χ4v) is 3.48. The summed E-state index contributed by atoms with van der Waals surface area (Å²) in [6.45, 7) is 5.36. The van der Waals surface area contributed by atoms with Crippen molar-refractivity contribution in [1.82, 2.24) is 5.32 Å². The van der Waals surface area contributed by atoms with Crippen LogP contribution >= 0.6 is 0 Å². The van der Waals surface area contributed by atoms with Crippen molar-refractivity contribution in [2.24, 2.45) is 0 Å². The summed E-state index contributed by atoms with van der Waals surface area (Å²) in [5, 5.41) is 8.49. The third-order valence-electron chi connectivity index (χ3n) is 5.07. The molecule has 0 heterocycles. The van der Waals surface area contributed by atoms with Crippen molar-refractivity contribution < 1.29 is 19.1 Å². The molecule has 3 amide bonds. The molecule has 0 fully saturated rings. The Balaban J connectivity index is 1.86. The summed E-state index contributed by atoms with van der Waals surface area (Å²) in [5.41, 5.74) is 4.10. The summed E-state index contributed by atoms with van der Waals surface area (Å²) in [6, 6.07) is 20.4. The maximum Gasteiger partial charge on any atom is 0.247 e. The molecule has 0 aliphatic heterocycles. The predicted molar refractivity (Wildman–Crippen MR) is 134 cm³/mol. The van der Waals surface area contributed by atoms with Crippen LogP contribution < -0.4 is 20.7 Å². The molecular formula is C27H27N3O4. The average molecular weight is 458 g/mol. The van der Waals surface area contributed by atoms with Gasteiger partial charge < -0.3 is 20.7 Å². The van der Waals surface area contributed by atoms with Gasteiger partial charge in [0.25, 0.3) is 0 Å². The Morgan fingerprint density at radius 1 is 0.912 bits per heavy atom. The van der Waals surface area contributed by atoms with E-state index in [1.807, 2.05) is 54.6 Å². The Morgan fingerprint density at radius 2 is 1.62 bits per heavy atom. The number of carbonyl (C=O) groups excluding carboxylic acids is 3. The lowest BCUT2D eigenvalue weighted by Gasteiger charge is -2.19. The second-order valence-corrected chi connectivity index (χ2v) is 7.58. The molecule has 0 saturated carbocycles. The molecule has 174 valence electrons. The van der Waals surface area contributed by atoms with Crippen molar-refractivity contribution in [3.05, 3.63) is 90.5 Å². The minimum Gasteiger partial charge on any atom is -0.495 e. The average Bonchev–Trinajstić information content (AvgIpc) is 2.84. The van der Waals surface area contributed by atoms with Gasteiger partial charge in [0.2, 0.25) is 17.7 Å². The van der Waals surface area contributed by atoms with Gasteiger partial charge in [-0.2, -0.15) is 0 Å². The van der Waals surface area contributed by atoms with Crippen LogP contribution in [0.15, 0.2) is 79.4 Å². The fraction of sp³-hybridized carbons (Fsp3) is 0.148.